The quantitative estimate of drug-likeness (QED) is 0.572. The third kappa shape index (κ3) is 1.80. The average molecular weight is 187 g/mol. The highest BCUT2D eigenvalue weighted by Crippen LogP contribution is 2.09. The van der Waals surface area contributed by atoms with Crippen molar-refractivity contribution in [3.8, 4) is 0 Å². The van der Waals surface area contributed by atoms with E-state index in [0.29, 0.717) is 4.73 Å². The fourth-order valence-electron chi connectivity index (χ4n) is 1.10. The molecular formula is C10H9N3O. The summed E-state index contributed by atoms with van der Waals surface area (Å²) < 4.78 is 0.687. The molecular weight excluding hydrogens is 178 g/mol. The van der Waals surface area contributed by atoms with E-state index in [1.54, 1.807) is 12.3 Å². The number of nitrogens with one attached hydrogen (secondary N) is 1. The molecule has 1 heterocycles. The van der Waals surface area contributed by atoms with Crippen LogP contribution in [0.25, 0.3) is 0 Å². The molecule has 0 fully saturated rings. The Morgan fingerprint density at radius 1 is 1.14 bits per heavy atom. The van der Waals surface area contributed by atoms with Crippen LogP contribution >= 0.6 is 0 Å². The van der Waals surface area contributed by atoms with Gasteiger partial charge >= 0.3 is 5.95 Å². The van der Waals surface area contributed by atoms with Crippen molar-refractivity contribution in [1.29, 1.82) is 0 Å². The van der Waals surface area contributed by atoms with Gasteiger partial charge in [0.1, 0.15) is 6.20 Å². The summed E-state index contributed by atoms with van der Waals surface area (Å²) in [5.74, 6) is 0.277. The minimum Gasteiger partial charge on any atom is -0.740 e. The van der Waals surface area contributed by atoms with E-state index >= 15 is 0 Å². The van der Waals surface area contributed by atoms with Gasteiger partial charge in [0, 0.05) is 6.07 Å². The van der Waals surface area contributed by atoms with Gasteiger partial charge in [-0.05, 0) is 12.1 Å². The largest absolute Gasteiger partial charge is 0.740 e. The molecule has 0 saturated heterocycles. The van der Waals surface area contributed by atoms with Gasteiger partial charge in [-0.2, -0.15) is 0 Å². The van der Waals surface area contributed by atoms with Crippen molar-refractivity contribution >= 4 is 11.6 Å². The van der Waals surface area contributed by atoms with Crippen molar-refractivity contribution in [1.82, 2.24) is 4.98 Å². The maximum atomic E-state index is 11.2. The van der Waals surface area contributed by atoms with Crippen LogP contribution in [0, 0.1) is 5.21 Å². The fourth-order valence-corrected chi connectivity index (χ4v) is 1.10. The molecule has 0 aliphatic heterocycles. The molecule has 0 aliphatic rings. The molecule has 1 aromatic heterocycles. The Hall–Kier alpha value is -2.10. The summed E-state index contributed by atoms with van der Waals surface area (Å²) >= 11 is 0. The Bertz CT molecular complexity index is 417. The van der Waals surface area contributed by atoms with Crippen molar-refractivity contribution in [2.24, 2.45) is 0 Å². The Balaban J connectivity index is 2.24. The number of para-hydroxylation sites is 1. The first kappa shape index (κ1) is 8.50. The highest BCUT2D eigenvalue weighted by atomic mass is 16.5. The number of anilines is 2. The molecule has 0 bridgehead atoms. The lowest BCUT2D eigenvalue weighted by atomic mass is 10.3. The molecule has 0 radical (unpaired) electrons. The second-order valence-electron chi connectivity index (χ2n) is 2.76. The molecule has 0 spiro atoms. The normalized spacial score (nSPS) is 9.71. The zero-order valence-corrected chi connectivity index (χ0v) is 7.42. The SMILES string of the molecule is [O-][n+]1cccnc1Nc1ccccc1. The van der Waals surface area contributed by atoms with Gasteiger partial charge < -0.3 is 5.21 Å². The second-order valence-corrected chi connectivity index (χ2v) is 2.76. The number of hydrogen-bond acceptors (Lipinski definition) is 3. The standard InChI is InChI=1S/C10H9N3O/c14-13-8-4-7-11-10(13)12-9-5-2-1-3-6-9/h1-8H,(H,11,12). The smallest absolute Gasteiger partial charge is 0.396 e. The summed E-state index contributed by atoms with van der Waals surface area (Å²) in [6, 6.07) is 11.0. The van der Waals surface area contributed by atoms with Crippen molar-refractivity contribution in [2.75, 3.05) is 5.32 Å². The molecule has 0 amide bonds. The first-order chi connectivity index (χ1) is 6.86. The third-order valence-corrected chi connectivity index (χ3v) is 1.74. The average Bonchev–Trinajstić information content (AvgIpc) is 2.23. The minimum atomic E-state index is 0.277. The Labute approximate surface area is 81.4 Å². The number of hydrogen-bond donors (Lipinski definition) is 1. The fraction of sp³-hybridized carbons (Fsp3) is 0. The van der Waals surface area contributed by atoms with E-state index in [0.717, 1.165) is 5.69 Å². The molecule has 4 heteroatoms. The Kier molecular flexibility index (Phi) is 2.27. The molecule has 4 nitrogen and oxygen atoms in total. The van der Waals surface area contributed by atoms with E-state index in [1.807, 2.05) is 30.3 Å². The van der Waals surface area contributed by atoms with Crippen LogP contribution in [0.3, 0.4) is 0 Å². The number of benzene rings is 1. The lowest BCUT2D eigenvalue weighted by molar-refractivity contribution is -0.592. The van der Waals surface area contributed by atoms with Gasteiger partial charge in [0.25, 0.3) is 0 Å². The third-order valence-electron chi connectivity index (χ3n) is 1.74. The van der Waals surface area contributed by atoms with Crippen LogP contribution < -0.4 is 10.0 Å². The van der Waals surface area contributed by atoms with Gasteiger partial charge in [0.15, 0.2) is 0 Å². The van der Waals surface area contributed by atoms with E-state index in [4.69, 9.17) is 0 Å². The van der Waals surface area contributed by atoms with Crippen molar-refractivity contribution in [3.63, 3.8) is 0 Å². The van der Waals surface area contributed by atoms with Gasteiger partial charge in [0.05, 0.1) is 11.9 Å². The molecule has 14 heavy (non-hydrogen) atoms. The summed E-state index contributed by atoms with van der Waals surface area (Å²) in [5.41, 5.74) is 0.843. The summed E-state index contributed by atoms with van der Waals surface area (Å²) in [5, 5.41) is 14.1. The number of rotatable bonds is 2. The van der Waals surface area contributed by atoms with E-state index in [9.17, 15) is 5.21 Å². The summed E-state index contributed by atoms with van der Waals surface area (Å²) in [6.07, 6.45) is 2.97. The predicted octanol–water partition coefficient (Wildman–Crippen LogP) is 1.46. The molecule has 0 saturated carbocycles. The minimum absolute atomic E-state index is 0.277. The topological polar surface area (TPSA) is 51.9 Å². The van der Waals surface area contributed by atoms with E-state index < -0.39 is 0 Å². The molecule has 0 atom stereocenters. The second kappa shape index (κ2) is 3.74. The molecule has 70 valence electrons. The van der Waals surface area contributed by atoms with Gasteiger partial charge in [-0.3, -0.25) is 0 Å². The van der Waals surface area contributed by atoms with Crippen LogP contribution in [0.5, 0.6) is 0 Å². The van der Waals surface area contributed by atoms with Crippen LogP contribution in [-0.2, 0) is 0 Å². The van der Waals surface area contributed by atoms with Gasteiger partial charge in [-0.1, -0.05) is 23.2 Å². The van der Waals surface area contributed by atoms with Crippen LogP contribution in [0.1, 0.15) is 0 Å². The highest BCUT2D eigenvalue weighted by Gasteiger charge is 2.04. The van der Waals surface area contributed by atoms with Crippen LogP contribution in [-0.4, -0.2) is 4.98 Å². The first-order valence-corrected chi connectivity index (χ1v) is 4.22. The van der Waals surface area contributed by atoms with Crippen LogP contribution in [0.4, 0.5) is 11.6 Å². The number of aromatic nitrogens is 2. The van der Waals surface area contributed by atoms with Gasteiger partial charge in [0.2, 0.25) is 0 Å². The summed E-state index contributed by atoms with van der Waals surface area (Å²) in [4.78, 5) is 3.91. The highest BCUT2D eigenvalue weighted by molar-refractivity contribution is 5.50. The molecule has 1 aromatic carbocycles. The van der Waals surface area contributed by atoms with E-state index in [2.05, 4.69) is 10.3 Å². The molecule has 0 aliphatic carbocycles. The summed E-state index contributed by atoms with van der Waals surface area (Å²) in [6.45, 7) is 0. The van der Waals surface area contributed by atoms with Gasteiger partial charge in [-0.25, -0.2) is 10.0 Å². The van der Waals surface area contributed by atoms with Gasteiger partial charge in [-0.15, -0.1) is 0 Å². The monoisotopic (exact) mass is 187 g/mol. The lowest BCUT2D eigenvalue weighted by Crippen LogP contribution is -2.30. The maximum Gasteiger partial charge on any atom is 0.396 e. The lowest BCUT2D eigenvalue weighted by Gasteiger charge is -2.06. The van der Waals surface area contributed by atoms with E-state index in [-0.39, 0.29) is 5.95 Å². The van der Waals surface area contributed by atoms with Crippen LogP contribution in [0.15, 0.2) is 48.8 Å². The number of nitrogens with zero attached hydrogens (tertiary/aromatic N) is 2. The van der Waals surface area contributed by atoms with Crippen molar-refractivity contribution in [2.45, 2.75) is 0 Å². The molecule has 0 unspecified atom stereocenters. The Morgan fingerprint density at radius 3 is 2.64 bits per heavy atom. The molecule has 2 rings (SSSR count). The van der Waals surface area contributed by atoms with Crippen molar-refractivity contribution < 1.29 is 4.73 Å². The van der Waals surface area contributed by atoms with Crippen molar-refractivity contribution in [3.05, 3.63) is 54.0 Å². The Morgan fingerprint density at radius 2 is 1.93 bits per heavy atom. The first-order valence-electron chi connectivity index (χ1n) is 4.22. The molecule has 2 aromatic rings. The molecule has 1 N–H and O–H groups in total. The summed E-state index contributed by atoms with van der Waals surface area (Å²) in [7, 11) is 0. The van der Waals surface area contributed by atoms with Crippen LogP contribution in [0.2, 0.25) is 0 Å². The zero-order chi connectivity index (χ0) is 9.80. The predicted molar refractivity (Wildman–Crippen MR) is 52.9 cm³/mol. The zero-order valence-electron chi connectivity index (χ0n) is 7.42. The maximum absolute atomic E-state index is 11.2. The van der Waals surface area contributed by atoms with E-state index in [1.165, 1.54) is 6.20 Å².